The predicted molar refractivity (Wildman–Crippen MR) is 110 cm³/mol. The van der Waals surface area contributed by atoms with Gasteiger partial charge in [0.2, 0.25) is 5.91 Å². The molecule has 0 saturated carbocycles. The Labute approximate surface area is 160 Å². The summed E-state index contributed by atoms with van der Waals surface area (Å²) in [7, 11) is 1.59. The first-order chi connectivity index (χ1) is 13.2. The lowest BCUT2D eigenvalue weighted by molar-refractivity contribution is -0.115. The van der Waals surface area contributed by atoms with Crippen molar-refractivity contribution in [2.45, 2.75) is 13.0 Å². The summed E-state index contributed by atoms with van der Waals surface area (Å²) in [5, 5.41) is 6.14. The number of nitrogens with one attached hydrogen (secondary N) is 2. The average Bonchev–Trinajstić information content (AvgIpc) is 2.73. The van der Waals surface area contributed by atoms with Gasteiger partial charge in [0.05, 0.1) is 19.3 Å². The molecular formula is C23H24N2O2. The minimum Gasteiger partial charge on any atom is -0.495 e. The molecule has 27 heavy (non-hydrogen) atoms. The molecule has 1 atom stereocenters. The third kappa shape index (κ3) is 4.96. The van der Waals surface area contributed by atoms with Crippen molar-refractivity contribution in [2.75, 3.05) is 19.0 Å². The highest BCUT2D eigenvalue weighted by Gasteiger charge is 2.10. The summed E-state index contributed by atoms with van der Waals surface area (Å²) in [6, 6.07) is 26.1. The molecule has 0 spiro atoms. The van der Waals surface area contributed by atoms with Gasteiger partial charge in [0.25, 0.3) is 0 Å². The fraction of sp³-hybridized carbons (Fsp3) is 0.174. The third-order valence-corrected chi connectivity index (χ3v) is 4.47. The van der Waals surface area contributed by atoms with E-state index in [1.807, 2.05) is 49.4 Å². The topological polar surface area (TPSA) is 50.4 Å². The lowest BCUT2D eigenvalue weighted by atomic mass is 10.0. The van der Waals surface area contributed by atoms with Crippen molar-refractivity contribution < 1.29 is 9.53 Å². The van der Waals surface area contributed by atoms with Crippen LogP contribution in [0.25, 0.3) is 11.1 Å². The zero-order chi connectivity index (χ0) is 19.1. The second kappa shape index (κ2) is 9.01. The molecule has 0 unspecified atom stereocenters. The normalized spacial score (nSPS) is 11.6. The van der Waals surface area contributed by atoms with Crippen LogP contribution < -0.4 is 15.4 Å². The van der Waals surface area contributed by atoms with E-state index in [4.69, 9.17) is 4.74 Å². The van der Waals surface area contributed by atoms with Crippen LogP contribution in [0, 0.1) is 0 Å². The molecule has 0 saturated heterocycles. The molecule has 0 aliphatic carbocycles. The van der Waals surface area contributed by atoms with Crippen molar-refractivity contribution in [1.82, 2.24) is 5.32 Å². The Morgan fingerprint density at radius 2 is 1.52 bits per heavy atom. The number of rotatable bonds is 7. The van der Waals surface area contributed by atoms with Crippen LogP contribution >= 0.6 is 0 Å². The Kier molecular flexibility index (Phi) is 6.23. The molecule has 3 aromatic carbocycles. The Balaban J connectivity index is 1.56. The number of methoxy groups -OCH3 is 1. The van der Waals surface area contributed by atoms with E-state index in [1.54, 1.807) is 7.11 Å². The van der Waals surface area contributed by atoms with Gasteiger partial charge in [-0.3, -0.25) is 4.79 Å². The number of benzene rings is 3. The van der Waals surface area contributed by atoms with Gasteiger partial charge in [-0.1, -0.05) is 66.7 Å². The van der Waals surface area contributed by atoms with Crippen LogP contribution in [0.2, 0.25) is 0 Å². The monoisotopic (exact) mass is 360 g/mol. The molecule has 3 rings (SSSR count). The van der Waals surface area contributed by atoms with E-state index in [0.29, 0.717) is 11.4 Å². The quantitative estimate of drug-likeness (QED) is 0.645. The van der Waals surface area contributed by atoms with E-state index in [9.17, 15) is 4.79 Å². The van der Waals surface area contributed by atoms with Crippen LogP contribution in [-0.4, -0.2) is 19.6 Å². The fourth-order valence-electron chi connectivity index (χ4n) is 2.90. The number of hydrogen-bond acceptors (Lipinski definition) is 3. The average molecular weight is 360 g/mol. The van der Waals surface area contributed by atoms with Gasteiger partial charge in [0, 0.05) is 6.04 Å². The van der Waals surface area contributed by atoms with E-state index >= 15 is 0 Å². The summed E-state index contributed by atoms with van der Waals surface area (Å²) < 4.78 is 5.25. The highest BCUT2D eigenvalue weighted by Crippen LogP contribution is 2.23. The maximum Gasteiger partial charge on any atom is 0.238 e. The molecule has 138 valence electrons. The number of para-hydroxylation sites is 2. The third-order valence-electron chi connectivity index (χ3n) is 4.47. The van der Waals surface area contributed by atoms with Crippen molar-refractivity contribution in [3.63, 3.8) is 0 Å². The fourth-order valence-corrected chi connectivity index (χ4v) is 2.90. The van der Waals surface area contributed by atoms with E-state index in [1.165, 1.54) is 11.1 Å². The maximum absolute atomic E-state index is 12.2. The molecule has 2 N–H and O–H groups in total. The number of carbonyl (C=O) groups excluding carboxylic acids is 1. The lowest BCUT2D eigenvalue weighted by Crippen LogP contribution is -2.30. The number of amides is 1. The first kappa shape index (κ1) is 18.7. The van der Waals surface area contributed by atoms with Crippen molar-refractivity contribution in [3.8, 4) is 16.9 Å². The van der Waals surface area contributed by atoms with Gasteiger partial charge in [-0.25, -0.2) is 0 Å². The molecule has 3 aromatic rings. The second-order valence-electron chi connectivity index (χ2n) is 6.34. The summed E-state index contributed by atoms with van der Waals surface area (Å²) in [5.74, 6) is 0.544. The van der Waals surface area contributed by atoms with Crippen LogP contribution in [0.15, 0.2) is 78.9 Å². The summed E-state index contributed by atoms with van der Waals surface area (Å²) in [6.07, 6.45) is 0. The molecule has 1 amide bonds. The maximum atomic E-state index is 12.2. The Hall–Kier alpha value is -3.11. The van der Waals surface area contributed by atoms with E-state index in [2.05, 4.69) is 47.0 Å². The highest BCUT2D eigenvalue weighted by atomic mass is 16.5. The lowest BCUT2D eigenvalue weighted by Gasteiger charge is -2.15. The zero-order valence-electron chi connectivity index (χ0n) is 15.6. The van der Waals surface area contributed by atoms with E-state index in [0.717, 1.165) is 5.56 Å². The SMILES string of the molecule is COc1ccccc1NC(=O)CN[C@@H](C)c1ccc(-c2ccccc2)cc1. The Morgan fingerprint density at radius 1 is 0.889 bits per heavy atom. The summed E-state index contributed by atoms with van der Waals surface area (Å²) in [6.45, 7) is 2.27. The first-order valence-corrected chi connectivity index (χ1v) is 8.99. The molecule has 0 fully saturated rings. The van der Waals surface area contributed by atoms with Gasteiger partial charge in [-0.05, 0) is 35.7 Å². The van der Waals surface area contributed by atoms with Gasteiger partial charge >= 0.3 is 0 Å². The minimum absolute atomic E-state index is 0.0678. The molecular weight excluding hydrogens is 336 g/mol. The van der Waals surface area contributed by atoms with Crippen molar-refractivity contribution >= 4 is 11.6 Å². The Bertz CT molecular complexity index is 876. The standard InChI is InChI=1S/C23H24N2O2/c1-17(18-12-14-20(15-13-18)19-8-4-3-5-9-19)24-16-23(26)25-21-10-6-7-11-22(21)27-2/h3-15,17,24H,16H2,1-2H3,(H,25,26)/t17-/m0/s1. The van der Waals surface area contributed by atoms with Crippen LogP contribution in [0.1, 0.15) is 18.5 Å². The number of carbonyl (C=O) groups is 1. The molecule has 0 aromatic heterocycles. The van der Waals surface area contributed by atoms with Gasteiger partial charge in [0.1, 0.15) is 5.75 Å². The van der Waals surface area contributed by atoms with Crippen molar-refractivity contribution in [2.24, 2.45) is 0 Å². The molecule has 0 heterocycles. The summed E-state index contributed by atoms with van der Waals surface area (Å²) in [5.41, 5.74) is 4.19. The second-order valence-corrected chi connectivity index (χ2v) is 6.34. The number of hydrogen-bond donors (Lipinski definition) is 2. The Morgan fingerprint density at radius 3 is 2.22 bits per heavy atom. The van der Waals surface area contributed by atoms with Crippen molar-refractivity contribution in [1.29, 1.82) is 0 Å². The highest BCUT2D eigenvalue weighted by molar-refractivity contribution is 5.93. The van der Waals surface area contributed by atoms with Gasteiger partial charge in [0.15, 0.2) is 0 Å². The van der Waals surface area contributed by atoms with Crippen LogP contribution in [-0.2, 0) is 4.79 Å². The molecule has 4 nitrogen and oxygen atoms in total. The van der Waals surface area contributed by atoms with Crippen LogP contribution in [0.4, 0.5) is 5.69 Å². The smallest absolute Gasteiger partial charge is 0.238 e. The zero-order valence-corrected chi connectivity index (χ0v) is 15.6. The van der Waals surface area contributed by atoms with Crippen LogP contribution in [0.5, 0.6) is 5.75 Å². The molecule has 4 heteroatoms. The number of anilines is 1. The summed E-state index contributed by atoms with van der Waals surface area (Å²) >= 11 is 0. The predicted octanol–water partition coefficient (Wildman–Crippen LogP) is 4.65. The van der Waals surface area contributed by atoms with Gasteiger partial charge < -0.3 is 15.4 Å². The first-order valence-electron chi connectivity index (χ1n) is 8.99. The molecule has 0 aliphatic heterocycles. The van der Waals surface area contributed by atoms with Gasteiger partial charge in [-0.15, -0.1) is 0 Å². The largest absolute Gasteiger partial charge is 0.495 e. The molecule has 0 radical (unpaired) electrons. The minimum atomic E-state index is -0.104. The van der Waals surface area contributed by atoms with Gasteiger partial charge in [-0.2, -0.15) is 0 Å². The summed E-state index contributed by atoms with van der Waals surface area (Å²) in [4.78, 5) is 12.2. The van der Waals surface area contributed by atoms with E-state index in [-0.39, 0.29) is 18.5 Å². The molecule has 0 bridgehead atoms. The van der Waals surface area contributed by atoms with E-state index < -0.39 is 0 Å². The molecule has 0 aliphatic rings. The van der Waals surface area contributed by atoms with Crippen LogP contribution in [0.3, 0.4) is 0 Å². The number of ether oxygens (including phenoxy) is 1. The van der Waals surface area contributed by atoms with Crippen molar-refractivity contribution in [3.05, 3.63) is 84.4 Å².